The molecule has 1 heterocycles. The molecule has 0 spiro atoms. The molecule has 1 aromatic carbocycles. The summed E-state index contributed by atoms with van der Waals surface area (Å²) < 4.78 is 0. The zero-order valence-electron chi connectivity index (χ0n) is 8.21. The summed E-state index contributed by atoms with van der Waals surface area (Å²) in [5.74, 6) is 4.59. The van der Waals surface area contributed by atoms with Crippen LogP contribution in [0.4, 0.5) is 5.69 Å². The number of anilines is 1. The van der Waals surface area contributed by atoms with Gasteiger partial charge in [0.25, 0.3) is 0 Å². The normalized spacial score (nSPS) is 12.3. The number of rotatable bonds is 1. The van der Waals surface area contributed by atoms with E-state index in [2.05, 4.69) is 17.2 Å². The smallest absolute Gasteiger partial charge is 0.315 e. The zero-order valence-corrected chi connectivity index (χ0v) is 8.21. The van der Waals surface area contributed by atoms with Crippen molar-refractivity contribution in [3.05, 3.63) is 29.3 Å². The summed E-state index contributed by atoms with van der Waals surface area (Å²) in [6.07, 6.45) is 0.916. The second-order valence-corrected chi connectivity index (χ2v) is 3.42. The molecular weight excluding hydrogens is 190 g/mol. The number of nitrogens with one attached hydrogen (secondary N) is 1. The van der Waals surface area contributed by atoms with Gasteiger partial charge in [0.15, 0.2) is 0 Å². The summed E-state index contributed by atoms with van der Waals surface area (Å²) in [6.45, 7) is 0.974. The Balaban J connectivity index is 2.15. The SMILES string of the molecule is O=C(O)CC#Cc1ccc2c(c1)CCN2. The summed E-state index contributed by atoms with van der Waals surface area (Å²) in [5, 5.41) is 11.7. The summed E-state index contributed by atoms with van der Waals surface area (Å²) in [6, 6.07) is 5.92. The van der Waals surface area contributed by atoms with Gasteiger partial charge in [-0.15, -0.1) is 0 Å². The molecule has 3 heteroatoms. The summed E-state index contributed by atoms with van der Waals surface area (Å²) >= 11 is 0. The van der Waals surface area contributed by atoms with Gasteiger partial charge in [-0.25, -0.2) is 0 Å². The Bertz CT molecular complexity index is 454. The number of carboxylic acid groups (broad SMARTS) is 1. The molecule has 1 aliphatic heterocycles. The van der Waals surface area contributed by atoms with E-state index < -0.39 is 5.97 Å². The molecule has 0 aliphatic carbocycles. The largest absolute Gasteiger partial charge is 0.481 e. The van der Waals surface area contributed by atoms with Crippen molar-refractivity contribution in [3.63, 3.8) is 0 Å². The van der Waals surface area contributed by atoms with Gasteiger partial charge in [0.05, 0.1) is 0 Å². The second-order valence-electron chi connectivity index (χ2n) is 3.42. The van der Waals surface area contributed by atoms with Crippen molar-refractivity contribution in [3.8, 4) is 11.8 Å². The molecule has 3 nitrogen and oxygen atoms in total. The van der Waals surface area contributed by atoms with Crippen molar-refractivity contribution in [1.29, 1.82) is 0 Å². The lowest BCUT2D eigenvalue weighted by atomic mass is 10.1. The van der Waals surface area contributed by atoms with E-state index in [1.54, 1.807) is 0 Å². The molecule has 0 aromatic heterocycles. The minimum absolute atomic E-state index is 0.102. The Morgan fingerprint density at radius 2 is 2.40 bits per heavy atom. The minimum Gasteiger partial charge on any atom is -0.481 e. The van der Waals surface area contributed by atoms with Crippen LogP contribution in [0.15, 0.2) is 18.2 Å². The van der Waals surface area contributed by atoms with E-state index >= 15 is 0 Å². The highest BCUT2D eigenvalue weighted by atomic mass is 16.4. The van der Waals surface area contributed by atoms with E-state index in [4.69, 9.17) is 5.11 Å². The maximum Gasteiger partial charge on any atom is 0.315 e. The highest BCUT2D eigenvalue weighted by Gasteiger charge is 2.08. The quantitative estimate of drug-likeness (QED) is 0.677. The first kappa shape index (κ1) is 9.60. The number of carbonyl (C=O) groups is 1. The number of carboxylic acids is 1. The predicted molar refractivity (Wildman–Crippen MR) is 57.8 cm³/mol. The van der Waals surface area contributed by atoms with Gasteiger partial charge in [0.2, 0.25) is 0 Å². The van der Waals surface area contributed by atoms with Crippen LogP contribution in [0.2, 0.25) is 0 Å². The second kappa shape index (κ2) is 4.05. The Labute approximate surface area is 88.1 Å². The Morgan fingerprint density at radius 3 is 3.20 bits per heavy atom. The predicted octanol–water partition coefficient (Wildman–Crippen LogP) is 1.48. The standard InChI is InChI=1S/C12H11NO2/c14-12(15)3-1-2-9-4-5-11-10(8-9)6-7-13-11/h4-5,8,13H,3,6-7H2,(H,14,15). The van der Waals surface area contributed by atoms with Gasteiger partial charge in [-0.2, -0.15) is 0 Å². The fourth-order valence-electron chi connectivity index (χ4n) is 1.60. The van der Waals surface area contributed by atoms with Crippen LogP contribution in [0.1, 0.15) is 17.5 Å². The molecule has 15 heavy (non-hydrogen) atoms. The van der Waals surface area contributed by atoms with E-state index in [1.165, 1.54) is 11.3 Å². The van der Waals surface area contributed by atoms with Crippen molar-refractivity contribution in [2.75, 3.05) is 11.9 Å². The van der Waals surface area contributed by atoms with Gasteiger partial charge >= 0.3 is 5.97 Å². The summed E-state index contributed by atoms with van der Waals surface area (Å²) in [7, 11) is 0. The van der Waals surface area contributed by atoms with Crippen molar-refractivity contribution in [2.24, 2.45) is 0 Å². The number of hydrogen-bond acceptors (Lipinski definition) is 2. The van der Waals surface area contributed by atoms with Gasteiger partial charge in [0, 0.05) is 17.8 Å². The minimum atomic E-state index is -0.884. The van der Waals surface area contributed by atoms with Crippen LogP contribution in [0.5, 0.6) is 0 Å². The number of benzene rings is 1. The van der Waals surface area contributed by atoms with Crippen LogP contribution in [0.3, 0.4) is 0 Å². The van der Waals surface area contributed by atoms with Gasteiger partial charge in [0.1, 0.15) is 6.42 Å². The van der Waals surface area contributed by atoms with Crippen molar-refractivity contribution < 1.29 is 9.90 Å². The van der Waals surface area contributed by atoms with E-state index in [0.29, 0.717) is 0 Å². The molecule has 1 aromatic rings. The van der Waals surface area contributed by atoms with Crippen LogP contribution < -0.4 is 5.32 Å². The Kier molecular flexibility index (Phi) is 2.59. The first-order chi connectivity index (χ1) is 7.25. The summed E-state index contributed by atoms with van der Waals surface area (Å²) in [4.78, 5) is 10.3. The Hall–Kier alpha value is -1.95. The van der Waals surface area contributed by atoms with Gasteiger partial charge in [-0.3, -0.25) is 4.79 Å². The maximum absolute atomic E-state index is 10.3. The molecule has 0 fully saturated rings. The first-order valence-electron chi connectivity index (χ1n) is 4.83. The zero-order chi connectivity index (χ0) is 10.7. The molecular formula is C12H11NO2. The molecule has 0 atom stereocenters. The van der Waals surface area contributed by atoms with Crippen LogP contribution in [0.25, 0.3) is 0 Å². The summed E-state index contributed by atoms with van der Waals surface area (Å²) in [5.41, 5.74) is 3.31. The number of hydrogen-bond donors (Lipinski definition) is 2. The molecule has 0 radical (unpaired) electrons. The highest BCUT2D eigenvalue weighted by molar-refractivity contribution is 5.70. The monoisotopic (exact) mass is 201 g/mol. The molecule has 2 N–H and O–H groups in total. The fraction of sp³-hybridized carbons (Fsp3) is 0.250. The molecule has 0 unspecified atom stereocenters. The maximum atomic E-state index is 10.3. The Morgan fingerprint density at radius 1 is 1.53 bits per heavy atom. The van der Waals surface area contributed by atoms with E-state index in [-0.39, 0.29) is 6.42 Å². The van der Waals surface area contributed by atoms with Crippen LogP contribution >= 0.6 is 0 Å². The van der Waals surface area contributed by atoms with Crippen molar-refractivity contribution in [1.82, 2.24) is 0 Å². The van der Waals surface area contributed by atoms with E-state index in [9.17, 15) is 4.79 Å². The van der Waals surface area contributed by atoms with Crippen molar-refractivity contribution >= 4 is 11.7 Å². The van der Waals surface area contributed by atoms with Gasteiger partial charge in [-0.1, -0.05) is 11.8 Å². The molecule has 76 valence electrons. The van der Waals surface area contributed by atoms with E-state index in [1.807, 2.05) is 18.2 Å². The van der Waals surface area contributed by atoms with Crippen LogP contribution in [-0.2, 0) is 11.2 Å². The lowest BCUT2D eigenvalue weighted by molar-refractivity contribution is -0.135. The molecule has 2 rings (SSSR count). The number of fused-ring (bicyclic) bond motifs is 1. The molecule has 0 bridgehead atoms. The topological polar surface area (TPSA) is 49.3 Å². The third kappa shape index (κ3) is 2.29. The average molecular weight is 201 g/mol. The number of aliphatic carboxylic acids is 1. The van der Waals surface area contributed by atoms with Crippen LogP contribution in [0, 0.1) is 11.8 Å². The molecule has 0 amide bonds. The molecule has 1 aliphatic rings. The van der Waals surface area contributed by atoms with E-state index in [0.717, 1.165) is 18.5 Å². The molecule has 0 saturated heterocycles. The van der Waals surface area contributed by atoms with Crippen LogP contribution in [-0.4, -0.2) is 17.6 Å². The van der Waals surface area contributed by atoms with Gasteiger partial charge < -0.3 is 10.4 Å². The third-order valence-corrected chi connectivity index (χ3v) is 2.29. The average Bonchev–Trinajstić information content (AvgIpc) is 2.64. The van der Waals surface area contributed by atoms with Crippen molar-refractivity contribution in [2.45, 2.75) is 12.8 Å². The lowest BCUT2D eigenvalue weighted by Crippen LogP contribution is -1.90. The van der Waals surface area contributed by atoms with Gasteiger partial charge in [-0.05, 0) is 30.2 Å². The molecule has 0 saturated carbocycles. The third-order valence-electron chi connectivity index (χ3n) is 2.29. The lowest BCUT2D eigenvalue weighted by Gasteiger charge is -1.98. The fourth-order valence-corrected chi connectivity index (χ4v) is 1.60. The first-order valence-corrected chi connectivity index (χ1v) is 4.83. The highest BCUT2D eigenvalue weighted by Crippen LogP contribution is 2.22.